The van der Waals surface area contributed by atoms with Crippen LogP contribution >= 0.6 is 0 Å². The van der Waals surface area contributed by atoms with Crippen LogP contribution in [-0.4, -0.2) is 23.2 Å². The van der Waals surface area contributed by atoms with Crippen molar-refractivity contribution in [3.8, 4) is 5.75 Å². The number of nitrogens with one attached hydrogen (secondary N) is 2. The van der Waals surface area contributed by atoms with Crippen LogP contribution in [0.5, 0.6) is 5.75 Å². The molecule has 0 saturated carbocycles. The molecule has 2 aromatic rings. The normalized spacial score (nSPS) is 11.1. The van der Waals surface area contributed by atoms with E-state index < -0.39 is 5.54 Å². The van der Waals surface area contributed by atoms with Gasteiger partial charge in [-0.25, -0.2) is 0 Å². The second-order valence-corrected chi connectivity index (χ2v) is 4.78. The SMILES string of the molecule is COc1cccc(C(C)(C)NC(=O)c2ccn[nH]2)c1. The summed E-state index contributed by atoms with van der Waals surface area (Å²) in [4.78, 5) is 12.0. The number of methoxy groups -OCH3 is 1. The smallest absolute Gasteiger partial charge is 0.269 e. The van der Waals surface area contributed by atoms with Crippen molar-refractivity contribution in [1.29, 1.82) is 0 Å². The number of amides is 1. The molecule has 100 valence electrons. The molecule has 0 aliphatic heterocycles. The minimum atomic E-state index is -0.503. The Morgan fingerprint density at radius 3 is 2.79 bits per heavy atom. The average molecular weight is 259 g/mol. The Balaban J connectivity index is 2.19. The van der Waals surface area contributed by atoms with E-state index >= 15 is 0 Å². The summed E-state index contributed by atoms with van der Waals surface area (Å²) in [5.41, 5.74) is 0.909. The van der Waals surface area contributed by atoms with Crippen LogP contribution in [0.1, 0.15) is 29.9 Å². The average Bonchev–Trinajstić information content (AvgIpc) is 2.92. The van der Waals surface area contributed by atoms with Crippen LogP contribution in [0.25, 0.3) is 0 Å². The van der Waals surface area contributed by atoms with Crippen molar-refractivity contribution in [2.75, 3.05) is 7.11 Å². The van der Waals surface area contributed by atoms with Gasteiger partial charge in [0.2, 0.25) is 0 Å². The van der Waals surface area contributed by atoms with Crippen LogP contribution in [0.3, 0.4) is 0 Å². The third-order valence-corrected chi connectivity index (χ3v) is 2.96. The predicted molar refractivity (Wildman–Crippen MR) is 72.1 cm³/mol. The Kier molecular flexibility index (Phi) is 3.55. The molecule has 19 heavy (non-hydrogen) atoms. The molecule has 1 aromatic carbocycles. The fraction of sp³-hybridized carbons (Fsp3) is 0.286. The first-order chi connectivity index (χ1) is 9.03. The molecule has 1 heterocycles. The maximum Gasteiger partial charge on any atom is 0.269 e. The maximum absolute atomic E-state index is 12.0. The number of hydrogen-bond acceptors (Lipinski definition) is 3. The van der Waals surface area contributed by atoms with Gasteiger partial charge in [0, 0.05) is 6.20 Å². The summed E-state index contributed by atoms with van der Waals surface area (Å²) in [6, 6.07) is 9.27. The lowest BCUT2D eigenvalue weighted by Crippen LogP contribution is -2.41. The quantitative estimate of drug-likeness (QED) is 0.883. The highest BCUT2D eigenvalue weighted by molar-refractivity contribution is 5.92. The van der Waals surface area contributed by atoms with Crippen molar-refractivity contribution in [3.63, 3.8) is 0 Å². The summed E-state index contributed by atoms with van der Waals surface area (Å²) < 4.78 is 5.20. The van der Waals surface area contributed by atoms with E-state index in [2.05, 4.69) is 15.5 Å². The molecule has 0 radical (unpaired) electrons. The first-order valence-electron chi connectivity index (χ1n) is 5.99. The monoisotopic (exact) mass is 259 g/mol. The number of aromatic amines is 1. The fourth-order valence-electron chi connectivity index (χ4n) is 1.82. The van der Waals surface area contributed by atoms with Gasteiger partial charge in [0.05, 0.1) is 12.6 Å². The van der Waals surface area contributed by atoms with Gasteiger partial charge in [0.25, 0.3) is 5.91 Å². The second kappa shape index (κ2) is 5.14. The van der Waals surface area contributed by atoms with Gasteiger partial charge in [-0.3, -0.25) is 9.89 Å². The summed E-state index contributed by atoms with van der Waals surface area (Å²) >= 11 is 0. The van der Waals surface area contributed by atoms with Crippen molar-refractivity contribution in [3.05, 3.63) is 47.8 Å². The molecule has 1 amide bonds. The largest absolute Gasteiger partial charge is 0.497 e. The molecule has 2 N–H and O–H groups in total. The number of benzene rings is 1. The van der Waals surface area contributed by atoms with Gasteiger partial charge in [-0.15, -0.1) is 0 Å². The number of carbonyl (C=O) groups is 1. The maximum atomic E-state index is 12.0. The molecule has 2 rings (SSSR count). The van der Waals surface area contributed by atoms with Crippen molar-refractivity contribution >= 4 is 5.91 Å². The minimum Gasteiger partial charge on any atom is -0.497 e. The molecule has 1 aromatic heterocycles. The Morgan fingerprint density at radius 1 is 1.37 bits per heavy atom. The van der Waals surface area contributed by atoms with Gasteiger partial charge in [-0.1, -0.05) is 12.1 Å². The molecule has 0 unspecified atom stereocenters. The van der Waals surface area contributed by atoms with Crippen molar-refractivity contribution < 1.29 is 9.53 Å². The van der Waals surface area contributed by atoms with Crippen LogP contribution in [0.2, 0.25) is 0 Å². The number of hydrogen-bond donors (Lipinski definition) is 2. The Morgan fingerprint density at radius 2 is 2.16 bits per heavy atom. The van der Waals surface area contributed by atoms with E-state index in [4.69, 9.17) is 4.74 Å². The van der Waals surface area contributed by atoms with Crippen molar-refractivity contribution in [2.24, 2.45) is 0 Å². The number of rotatable bonds is 4. The summed E-state index contributed by atoms with van der Waals surface area (Å²) in [6.07, 6.45) is 1.55. The summed E-state index contributed by atoms with van der Waals surface area (Å²) in [5, 5.41) is 9.37. The van der Waals surface area contributed by atoms with Crippen molar-refractivity contribution in [2.45, 2.75) is 19.4 Å². The molecule has 5 nitrogen and oxygen atoms in total. The van der Waals surface area contributed by atoms with E-state index in [1.54, 1.807) is 19.4 Å². The molecule has 0 spiro atoms. The van der Waals surface area contributed by atoms with E-state index in [0.717, 1.165) is 11.3 Å². The van der Waals surface area contributed by atoms with Crippen LogP contribution in [-0.2, 0) is 5.54 Å². The highest BCUT2D eigenvalue weighted by Gasteiger charge is 2.24. The number of aromatic nitrogens is 2. The Labute approximate surface area is 112 Å². The van der Waals surface area contributed by atoms with Crippen molar-refractivity contribution in [1.82, 2.24) is 15.5 Å². The standard InChI is InChI=1S/C14H17N3O2/c1-14(2,10-5-4-6-11(9-10)19-3)16-13(18)12-7-8-15-17-12/h4-9H,1-3H3,(H,15,17)(H,16,18). The molecule has 0 bridgehead atoms. The van der Waals surface area contributed by atoms with E-state index in [1.807, 2.05) is 38.1 Å². The van der Waals surface area contributed by atoms with E-state index in [9.17, 15) is 4.79 Å². The molecular formula is C14H17N3O2. The van der Waals surface area contributed by atoms with Crippen LogP contribution in [0.4, 0.5) is 0 Å². The summed E-state index contributed by atoms with van der Waals surface area (Å²) in [5.74, 6) is 0.576. The Hall–Kier alpha value is -2.30. The van der Waals surface area contributed by atoms with Gasteiger partial charge in [-0.05, 0) is 37.6 Å². The molecular weight excluding hydrogens is 242 g/mol. The molecule has 0 saturated heterocycles. The lowest BCUT2D eigenvalue weighted by atomic mass is 9.94. The molecule has 0 aliphatic carbocycles. The van der Waals surface area contributed by atoms with Gasteiger partial charge in [0.15, 0.2) is 0 Å². The minimum absolute atomic E-state index is 0.190. The molecule has 0 atom stereocenters. The zero-order valence-corrected chi connectivity index (χ0v) is 11.2. The summed E-state index contributed by atoms with van der Waals surface area (Å²) in [6.45, 7) is 3.88. The second-order valence-electron chi connectivity index (χ2n) is 4.78. The van der Waals surface area contributed by atoms with Crippen LogP contribution < -0.4 is 10.1 Å². The molecule has 0 aliphatic rings. The lowest BCUT2D eigenvalue weighted by Gasteiger charge is -2.27. The first-order valence-corrected chi connectivity index (χ1v) is 5.99. The number of carbonyl (C=O) groups excluding carboxylic acids is 1. The van der Waals surface area contributed by atoms with Gasteiger partial charge in [-0.2, -0.15) is 5.10 Å². The third kappa shape index (κ3) is 2.93. The van der Waals surface area contributed by atoms with Gasteiger partial charge in [0.1, 0.15) is 11.4 Å². The number of nitrogens with zero attached hydrogens (tertiary/aromatic N) is 1. The van der Waals surface area contributed by atoms with E-state index in [1.165, 1.54) is 0 Å². The number of H-pyrrole nitrogens is 1. The highest BCUT2D eigenvalue weighted by Crippen LogP contribution is 2.24. The molecule has 0 fully saturated rings. The molecule has 5 heteroatoms. The van der Waals surface area contributed by atoms with Crippen LogP contribution in [0, 0.1) is 0 Å². The fourth-order valence-corrected chi connectivity index (χ4v) is 1.82. The topological polar surface area (TPSA) is 67.0 Å². The lowest BCUT2D eigenvalue weighted by molar-refractivity contribution is 0.0906. The number of ether oxygens (including phenoxy) is 1. The Bertz CT molecular complexity index is 562. The van der Waals surface area contributed by atoms with E-state index in [0.29, 0.717) is 5.69 Å². The van der Waals surface area contributed by atoms with Gasteiger partial charge < -0.3 is 10.1 Å². The van der Waals surface area contributed by atoms with E-state index in [-0.39, 0.29) is 5.91 Å². The zero-order chi connectivity index (χ0) is 13.9. The third-order valence-electron chi connectivity index (χ3n) is 2.96. The zero-order valence-electron chi connectivity index (χ0n) is 11.2. The predicted octanol–water partition coefficient (Wildman–Crippen LogP) is 2.08. The van der Waals surface area contributed by atoms with Gasteiger partial charge >= 0.3 is 0 Å². The highest BCUT2D eigenvalue weighted by atomic mass is 16.5. The first kappa shape index (κ1) is 13.1. The summed E-state index contributed by atoms with van der Waals surface area (Å²) in [7, 11) is 1.62. The van der Waals surface area contributed by atoms with Crippen LogP contribution in [0.15, 0.2) is 36.5 Å².